The van der Waals surface area contributed by atoms with E-state index in [9.17, 15) is 8.42 Å². The number of rotatable bonds is 5. The molecule has 0 radical (unpaired) electrons. The van der Waals surface area contributed by atoms with Gasteiger partial charge in [-0.1, -0.05) is 19.3 Å². The van der Waals surface area contributed by atoms with E-state index in [1.165, 1.54) is 6.42 Å². The molecule has 120 valence electrons. The second-order valence-electron chi connectivity index (χ2n) is 5.73. The molecule has 1 fully saturated rings. The van der Waals surface area contributed by atoms with Crippen molar-refractivity contribution in [2.75, 3.05) is 12.9 Å². The summed E-state index contributed by atoms with van der Waals surface area (Å²) in [6.45, 7) is 4.07. The fraction of sp³-hybridized carbons (Fsp3) is 0.786. The Morgan fingerprint density at radius 1 is 1.29 bits per heavy atom. The van der Waals surface area contributed by atoms with E-state index in [0.717, 1.165) is 25.7 Å². The second-order valence-corrected chi connectivity index (χ2v) is 8.04. The molecule has 5 nitrogen and oxygen atoms in total. The van der Waals surface area contributed by atoms with Crippen molar-refractivity contribution in [3.63, 3.8) is 0 Å². The normalized spacial score (nSPS) is 17.6. The van der Waals surface area contributed by atoms with Crippen LogP contribution in [0.1, 0.15) is 43.5 Å². The van der Waals surface area contributed by atoms with Gasteiger partial charge in [0.25, 0.3) is 0 Å². The van der Waals surface area contributed by atoms with Crippen molar-refractivity contribution in [1.82, 2.24) is 14.1 Å². The van der Waals surface area contributed by atoms with Crippen LogP contribution < -0.4 is 0 Å². The zero-order valence-corrected chi connectivity index (χ0v) is 14.5. The van der Waals surface area contributed by atoms with Crippen LogP contribution in [0.4, 0.5) is 0 Å². The van der Waals surface area contributed by atoms with Gasteiger partial charge in [0, 0.05) is 19.0 Å². The predicted octanol–water partition coefficient (Wildman–Crippen LogP) is 2.69. The molecule has 1 heterocycles. The maximum Gasteiger partial charge on any atom is 0.246 e. The molecule has 1 aliphatic carbocycles. The molecule has 0 saturated heterocycles. The van der Waals surface area contributed by atoms with Gasteiger partial charge in [-0.25, -0.2) is 8.42 Å². The summed E-state index contributed by atoms with van der Waals surface area (Å²) in [5.41, 5.74) is 1.23. The zero-order chi connectivity index (χ0) is 15.6. The van der Waals surface area contributed by atoms with Crippen LogP contribution >= 0.6 is 11.6 Å². The largest absolute Gasteiger partial charge is 0.267 e. The molecular formula is C14H24ClN3O2S. The van der Waals surface area contributed by atoms with Crippen LogP contribution in [0.25, 0.3) is 0 Å². The van der Waals surface area contributed by atoms with E-state index in [1.807, 2.05) is 0 Å². The molecule has 0 amide bonds. The lowest BCUT2D eigenvalue weighted by atomic mass is 9.96. The minimum atomic E-state index is -3.49. The average Bonchev–Trinajstić information content (AvgIpc) is 2.74. The lowest BCUT2D eigenvalue weighted by Gasteiger charge is -2.30. The van der Waals surface area contributed by atoms with E-state index in [2.05, 4.69) is 5.10 Å². The Balaban J connectivity index is 2.34. The molecule has 0 bridgehead atoms. The predicted molar refractivity (Wildman–Crippen MR) is 84.2 cm³/mol. The highest BCUT2D eigenvalue weighted by atomic mass is 35.5. The molecule has 1 aromatic heterocycles. The molecule has 1 saturated carbocycles. The summed E-state index contributed by atoms with van der Waals surface area (Å²) in [5, 5.41) is 4.32. The van der Waals surface area contributed by atoms with Crippen molar-refractivity contribution in [3.8, 4) is 0 Å². The molecule has 2 rings (SSSR count). The number of aryl methyl sites for hydroxylation is 2. The molecule has 7 heteroatoms. The molecule has 21 heavy (non-hydrogen) atoms. The summed E-state index contributed by atoms with van der Waals surface area (Å²) in [6.07, 6.45) is 5.31. The molecule has 1 aromatic rings. The highest BCUT2D eigenvalue weighted by Gasteiger charge is 2.33. The van der Waals surface area contributed by atoms with Crippen LogP contribution in [-0.2, 0) is 16.6 Å². The molecule has 0 spiro atoms. The van der Waals surface area contributed by atoms with E-state index in [-0.39, 0.29) is 6.04 Å². The van der Waals surface area contributed by atoms with Crippen molar-refractivity contribution in [2.45, 2.75) is 63.4 Å². The Hall–Kier alpha value is -0.590. The van der Waals surface area contributed by atoms with Gasteiger partial charge < -0.3 is 0 Å². The third-order valence-electron chi connectivity index (χ3n) is 4.34. The number of nitrogens with zero attached hydrogens (tertiary/aromatic N) is 3. The van der Waals surface area contributed by atoms with Crippen molar-refractivity contribution in [2.24, 2.45) is 0 Å². The average molecular weight is 334 g/mol. The number of aromatic nitrogens is 2. The summed E-state index contributed by atoms with van der Waals surface area (Å²) < 4.78 is 29.1. The van der Waals surface area contributed by atoms with Crippen LogP contribution in [0.15, 0.2) is 4.90 Å². The smallest absolute Gasteiger partial charge is 0.246 e. The fourth-order valence-electron chi connectivity index (χ4n) is 3.14. The van der Waals surface area contributed by atoms with E-state index in [4.69, 9.17) is 11.6 Å². The molecule has 0 aliphatic heterocycles. The Morgan fingerprint density at radius 2 is 1.90 bits per heavy atom. The Morgan fingerprint density at radius 3 is 2.48 bits per heavy atom. The van der Waals surface area contributed by atoms with Gasteiger partial charge in [-0.2, -0.15) is 9.40 Å². The fourth-order valence-corrected chi connectivity index (χ4v) is 5.08. The number of hydrogen-bond acceptors (Lipinski definition) is 3. The van der Waals surface area contributed by atoms with Gasteiger partial charge in [0.1, 0.15) is 4.90 Å². The van der Waals surface area contributed by atoms with Gasteiger partial charge in [0.05, 0.1) is 17.9 Å². The second kappa shape index (κ2) is 6.67. The topological polar surface area (TPSA) is 55.2 Å². The van der Waals surface area contributed by atoms with Crippen molar-refractivity contribution in [1.29, 1.82) is 0 Å². The first-order valence-electron chi connectivity index (χ1n) is 7.47. The van der Waals surface area contributed by atoms with E-state index in [1.54, 1.807) is 29.9 Å². The first-order valence-corrected chi connectivity index (χ1v) is 9.45. The van der Waals surface area contributed by atoms with Crippen molar-refractivity contribution < 1.29 is 8.42 Å². The van der Waals surface area contributed by atoms with Gasteiger partial charge in [0.15, 0.2) is 0 Å². The molecular weight excluding hydrogens is 310 g/mol. The molecule has 0 aromatic carbocycles. The third-order valence-corrected chi connectivity index (χ3v) is 6.67. The standard InChI is InChI=1S/C14H24ClN3O2S/c1-11-14(12(2)18(16-11)10-9-15)21(19,20)17(3)13-7-5-4-6-8-13/h13H,4-10H2,1-3H3. The maximum atomic E-state index is 12.9. The van der Waals surface area contributed by atoms with Crippen LogP contribution in [0.3, 0.4) is 0 Å². The highest BCUT2D eigenvalue weighted by Crippen LogP contribution is 2.29. The summed E-state index contributed by atoms with van der Waals surface area (Å²) in [4.78, 5) is 0.348. The van der Waals surface area contributed by atoms with Crippen LogP contribution in [0, 0.1) is 13.8 Å². The first kappa shape index (κ1) is 16.8. The lowest BCUT2D eigenvalue weighted by Crippen LogP contribution is -2.38. The van der Waals surface area contributed by atoms with Gasteiger partial charge >= 0.3 is 0 Å². The first-order chi connectivity index (χ1) is 9.89. The minimum Gasteiger partial charge on any atom is -0.267 e. The maximum absolute atomic E-state index is 12.9. The molecule has 0 atom stereocenters. The van der Waals surface area contributed by atoms with E-state index < -0.39 is 10.0 Å². The Bertz CT molecular complexity index is 592. The lowest BCUT2D eigenvalue weighted by molar-refractivity contribution is 0.285. The SMILES string of the molecule is Cc1nn(CCCl)c(C)c1S(=O)(=O)N(C)C1CCCCC1. The monoisotopic (exact) mass is 333 g/mol. The summed E-state index contributed by atoms with van der Waals surface area (Å²) in [7, 11) is -1.79. The number of halogens is 1. The van der Waals surface area contributed by atoms with Crippen LogP contribution in [0.2, 0.25) is 0 Å². The van der Waals surface area contributed by atoms with Gasteiger partial charge in [-0.3, -0.25) is 4.68 Å². The van der Waals surface area contributed by atoms with E-state index >= 15 is 0 Å². The summed E-state index contributed by atoms with van der Waals surface area (Å²) >= 11 is 5.75. The molecule has 0 unspecified atom stereocenters. The Labute approximate surface area is 132 Å². The van der Waals surface area contributed by atoms with Crippen LogP contribution in [-0.4, -0.2) is 41.5 Å². The number of alkyl halides is 1. The molecule has 1 aliphatic rings. The van der Waals surface area contributed by atoms with Crippen molar-refractivity contribution in [3.05, 3.63) is 11.4 Å². The van der Waals surface area contributed by atoms with Gasteiger partial charge in [-0.15, -0.1) is 11.6 Å². The zero-order valence-electron chi connectivity index (χ0n) is 13.0. The van der Waals surface area contributed by atoms with Crippen molar-refractivity contribution >= 4 is 21.6 Å². The van der Waals surface area contributed by atoms with E-state index in [0.29, 0.717) is 28.7 Å². The van der Waals surface area contributed by atoms with Gasteiger partial charge in [0.2, 0.25) is 10.0 Å². The number of sulfonamides is 1. The third kappa shape index (κ3) is 3.27. The number of hydrogen-bond donors (Lipinski definition) is 0. The quantitative estimate of drug-likeness (QED) is 0.778. The summed E-state index contributed by atoms with van der Waals surface area (Å²) in [6, 6.07) is 0.110. The van der Waals surface area contributed by atoms with Crippen LogP contribution in [0.5, 0.6) is 0 Å². The summed E-state index contributed by atoms with van der Waals surface area (Å²) in [5.74, 6) is 0.417. The highest BCUT2D eigenvalue weighted by molar-refractivity contribution is 7.89. The minimum absolute atomic E-state index is 0.110. The molecule has 0 N–H and O–H groups in total. The van der Waals surface area contributed by atoms with Gasteiger partial charge in [-0.05, 0) is 26.7 Å². The Kier molecular flexibility index (Phi) is 5.33.